The second kappa shape index (κ2) is 6.64. The smallest absolute Gasteiger partial charge is 0.432 e. The summed E-state index contributed by atoms with van der Waals surface area (Å²) in [6, 6.07) is -0.507. The van der Waals surface area contributed by atoms with Crippen molar-refractivity contribution in [3.05, 3.63) is 17.5 Å². The molecule has 6 nitrogen and oxygen atoms in total. The highest BCUT2D eigenvalue weighted by molar-refractivity contribution is 7.80. The number of aromatic amines is 1. The number of rotatable bonds is 5. The molecule has 0 aliphatic rings. The van der Waals surface area contributed by atoms with E-state index in [9.17, 15) is 22.8 Å². The average Bonchev–Trinajstić information content (AvgIpc) is 2.85. The highest BCUT2D eigenvalue weighted by Crippen LogP contribution is 2.27. The number of thiol groups is 1. The fourth-order valence-electron chi connectivity index (χ4n) is 1.24. The van der Waals surface area contributed by atoms with Crippen LogP contribution < -0.4 is 5.32 Å². The number of ether oxygens (including phenoxy) is 1. The van der Waals surface area contributed by atoms with E-state index in [1.807, 2.05) is 0 Å². The van der Waals surface area contributed by atoms with Crippen LogP contribution in [0.2, 0.25) is 0 Å². The first-order valence-electron chi connectivity index (χ1n) is 5.50. The number of hydrogen-bond donors (Lipinski definition) is 3. The summed E-state index contributed by atoms with van der Waals surface area (Å²) in [7, 11) is 0. The van der Waals surface area contributed by atoms with Crippen molar-refractivity contribution in [1.29, 1.82) is 0 Å². The standard InChI is InChI=1S/C10H12F3N3O3S/c1-2-19-9(18)6(4-20)14-8(17)5-3-7(16-15-5)10(11,12)13/h3,6,20H,2,4H2,1H3,(H,14,17)(H,15,16)/t6-/m0/s1. The van der Waals surface area contributed by atoms with Gasteiger partial charge in [-0.1, -0.05) is 0 Å². The van der Waals surface area contributed by atoms with Crippen molar-refractivity contribution in [2.45, 2.75) is 19.1 Å². The molecule has 0 unspecified atom stereocenters. The van der Waals surface area contributed by atoms with Crippen molar-refractivity contribution in [2.75, 3.05) is 12.4 Å². The van der Waals surface area contributed by atoms with Crippen LogP contribution in [0.1, 0.15) is 23.1 Å². The third-order valence-electron chi connectivity index (χ3n) is 2.17. The van der Waals surface area contributed by atoms with Gasteiger partial charge in [0.05, 0.1) is 6.61 Å². The van der Waals surface area contributed by atoms with Crippen LogP contribution in [0.3, 0.4) is 0 Å². The highest BCUT2D eigenvalue weighted by Gasteiger charge is 2.34. The van der Waals surface area contributed by atoms with Crippen molar-refractivity contribution < 1.29 is 27.5 Å². The van der Waals surface area contributed by atoms with Gasteiger partial charge in [0.1, 0.15) is 11.7 Å². The van der Waals surface area contributed by atoms with E-state index in [1.165, 1.54) is 0 Å². The number of aromatic nitrogens is 2. The van der Waals surface area contributed by atoms with Crippen LogP contribution in [0.4, 0.5) is 13.2 Å². The molecule has 10 heteroatoms. The Morgan fingerprint density at radius 1 is 1.55 bits per heavy atom. The molecule has 0 saturated heterocycles. The van der Waals surface area contributed by atoms with Gasteiger partial charge in [-0.05, 0) is 6.92 Å². The number of alkyl halides is 3. The second-order valence-corrected chi connectivity index (χ2v) is 3.99. The fraction of sp³-hybridized carbons (Fsp3) is 0.500. The molecule has 0 radical (unpaired) electrons. The van der Waals surface area contributed by atoms with Gasteiger partial charge in [0.25, 0.3) is 5.91 Å². The summed E-state index contributed by atoms with van der Waals surface area (Å²) in [5.41, 5.74) is -1.63. The maximum atomic E-state index is 12.3. The number of nitrogens with zero attached hydrogens (tertiary/aromatic N) is 1. The molecular weight excluding hydrogens is 299 g/mol. The molecule has 0 aromatic carbocycles. The van der Waals surface area contributed by atoms with Crippen LogP contribution in [-0.4, -0.2) is 40.5 Å². The van der Waals surface area contributed by atoms with Crippen molar-refractivity contribution in [2.24, 2.45) is 0 Å². The molecule has 0 spiro atoms. The third-order valence-corrected chi connectivity index (χ3v) is 2.54. The Hall–Kier alpha value is -1.71. The van der Waals surface area contributed by atoms with Gasteiger partial charge in [-0.15, -0.1) is 0 Å². The van der Waals surface area contributed by atoms with Crippen molar-refractivity contribution in [3.63, 3.8) is 0 Å². The molecule has 1 aromatic rings. The zero-order valence-electron chi connectivity index (χ0n) is 10.3. The SMILES string of the molecule is CCOC(=O)[C@H](CS)NC(=O)c1cc(C(F)(F)F)[nH]n1. The highest BCUT2D eigenvalue weighted by atomic mass is 32.1. The van der Waals surface area contributed by atoms with Crippen molar-refractivity contribution in [1.82, 2.24) is 15.5 Å². The van der Waals surface area contributed by atoms with E-state index in [4.69, 9.17) is 0 Å². The van der Waals surface area contributed by atoms with Gasteiger partial charge >= 0.3 is 12.1 Å². The lowest BCUT2D eigenvalue weighted by molar-refractivity contribution is -0.144. The number of halogens is 3. The number of nitrogens with one attached hydrogen (secondary N) is 2. The lowest BCUT2D eigenvalue weighted by atomic mass is 10.3. The predicted molar refractivity (Wildman–Crippen MR) is 65.3 cm³/mol. The van der Waals surface area contributed by atoms with Gasteiger partial charge < -0.3 is 10.1 Å². The normalized spacial score (nSPS) is 12.8. The monoisotopic (exact) mass is 311 g/mol. The maximum Gasteiger partial charge on any atom is 0.432 e. The lowest BCUT2D eigenvalue weighted by Crippen LogP contribution is -2.43. The number of H-pyrrole nitrogens is 1. The summed E-state index contributed by atoms with van der Waals surface area (Å²) in [4.78, 5) is 23.1. The van der Waals surface area contributed by atoms with Crippen molar-refractivity contribution >= 4 is 24.5 Å². The number of esters is 1. The van der Waals surface area contributed by atoms with Crippen LogP contribution in [0, 0.1) is 0 Å². The Bertz CT molecular complexity index is 490. The zero-order chi connectivity index (χ0) is 15.3. The molecule has 1 amide bonds. The first kappa shape index (κ1) is 16.3. The van der Waals surface area contributed by atoms with Crippen LogP contribution in [0.15, 0.2) is 6.07 Å². The molecule has 112 valence electrons. The van der Waals surface area contributed by atoms with E-state index in [0.29, 0.717) is 6.07 Å². The van der Waals surface area contributed by atoms with Gasteiger partial charge in [-0.25, -0.2) is 4.79 Å². The van der Waals surface area contributed by atoms with E-state index >= 15 is 0 Å². The molecule has 0 aliphatic carbocycles. The molecule has 0 fully saturated rings. The summed E-state index contributed by atoms with van der Waals surface area (Å²) in [6.07, 6.45) is -4.63. The Morgan fingerprint density at radius 3 is 2.65 bits per heavy atom. The summed E-state index contributed by atoms with van der Waals surface area (Å²) in [6.45, 7) is 1.69. The maximum absolute atomic E-state index is 12.3. The minimum absolute atomic E-state index is 0.0544. The first-order valence-corrected chi connectivity index (χ1v) is 6.13. The Balaban J connectivity index is 2.75. The van der Waals surface area contributed by atoms with Gasteiger partial charge in [-0.3, -0.25) is 9.89 Å². The number of amides is 1. The Kier molecular flexibility index (Phi) is 5.43. The van der Waals surface area contributed by atoms with E-state index in [0.717, 1.165) is 0 Å². The first-order chi connectivity index (χ1) is 9.29. The number of carbonyl (C=O) groups is 2. The van der Waals surface area contributed by atoms with Gasteiger partial charge in [0.2, 0.25) is 0 Å². The molecular formula is C10H12F3N3O3S. The van der Waals surface area contributed by atoms with Crippen LogP contribution in [0.5, 0.6) is 0 Å². The molecule has 0 aliphatic heterocycles. The zero-order valence-corrected chi connectivity index (χ0v) is 11.2. The average molecular weight is 311 g/mol. The molecule has 20 heavy (non-hydrogen) atoms. The number of hydrogen-bond acceptors (Lipinski definition) is 5. The number of carbonyl (C=O) groups excluding carboxylic acids is 2. The Labute approximate surface area is 117 Å². The summed E-state index contributed by atoms with van der Waals surface area (Å²) >= 11 is 3.86. The van der Waals surface area contributed by atoms with E-state index in [-0.39, 0.29) is 12.4 Å². The minimum atomic E-state index is -4.63. The molecule has 0 bridgehead atoms. The van der Waals surface area contributed by atoms with Crippen molar-refractivity contribution in [3.8, 4) is 0 Å². The van der Waals surface area contributed by atoms with E-state index in [2.05, 4.69) is 27.8 Å². The van der Waals surface area contributed by atoms with Gasteiger partial charge in [0, 0.05) is 11.8 Å². The lowest BCUT2D eigenvalue weighted by Gasteiger charge is -2.13. The summed E-state index contributed by atoms with van der Waals surface area (Å²) in [5.74, 6) is -1.70. The quantitative estimate of drug-likeness (QED) is 0.560. The Morgan fingerprint density at radius 2 is 2.20 bits per heavy atom. The third kappa shape index (κ3) is 4.15. The molecule has 1 aromatic heterocycles. The van der Waals surface area contributed by atoms with E-state index < -0.39 is 35.5 Å². The second-order valence-electron chi connectivity index (χ2n) is 3.63. The molecule has 0 saturated carbocycles. The van der Waals surface area contributed by atoms with Gasteiger partial charge in [0.15, 0.2) is 5.69 Å². The predicted octanol–water partition coefficient (Wildman–Crippen LogP) is 1.02. The van der Waals surface area contributed by atoms with E-state index in [1.54, 1.807) is 12.0 Å². The largest absolute Gasteiger partial charge is 0.464 e. The van der Waals surface area contributed by atoms with Crippen LogP contribution in [-0.2, 0) is 15.7 Å². The molecule has 1 atom stereocenters. The van der Waals surface area contributed by atoms with Crippen LogP contribution in [0.25, 0.3) is 0 Å². The molecule has 1 rings (SSSR count). The molecule has 2 N–H and O–H groups in total. The summed E-state index contributed by atoms with van der Waals surface area (Å²) < 4.78 is 41.7. The minimum Gasteiger partial charge on any atom is -0.464 e. The fourth-order valence-corrected chi connectivity index (χ4v) is 1.48. The van der Waals surface area contributed by atoms with Crippen LogP contribution >= 0.6 is 12.6 Å². The summed E-state index contributed by atoms with van der Waals surface area (Å²) in [5, 5.41) is 7.13. The molecule has 1 heterocycles. The van der Waals surface area contributed by atoms with Gasteiger partial charge in [-0.2, -0.15) is 30.9 Å². The topological polar surface area (TPSA) is 84.1 Å².